The summed E-state index contributed by atoms with van der Waals surface area (Å²) in [6.45, 7) is 11.2. The molecular weight excluding hydrogens is 2000 g/mol. The topological polar surface area (TPSA) is 270 Å². The number of anilines is 2. The smallest absolute Gasteiger partial charge is 0.518 e. The van der Waals surface area contributed by atoms with Crippen LogP contribution in [0.25, 0.3) is 4.13 Å². The van der Waals surface area contributed by atoms with Gasteiger partial charge in [-0.15, -0.1) is 0 Å². The Kier molecular flexibility index (Phi) is 49.7. The highest BCUT2D eigenvalue weighted by molar-refractivity contribution is 8.12. The molecule has 15 aromatic rings. The van der Waals surface area contributed by atoms with Gasteiger partial charge in [0.05, 0.1) is 58.5 Å². The predicted octanol–water partition coefficient (Wildman–Crippen LogP) is 25.5. The molecule has 0 radical (unpaired) electrons. The summed E-state index contributed by atoms with van der Waals surface area (Å²) in [5.41, 5.74) is 0.973. The number of nitrogens with two attached hydrogens (primary N) is 1. The van der Waals surface area contributed by atoms with Crippen LogP contribution < -0.4 is 20.8 Å². The van der Waals surface area contributed by atoms with Gasteiger partial charge < -0.3 is 34.8 Å². The van der Waals surface area contributed by atoms with Gasteiger partial charge in [-0.05, 0) is 252 Å². The highest BCUT2D eigenvalue weighted by Gasteiger charge is 2.46. The van der Waals surface area contributed by atoms with E-state index in [1.807, 2.05) is 0 Å². The van der Waals surface area contributed by atoms with Gasteiger partial charge in [0.1, 0.15) is 10.0 Å². The molecule has 2 fully saturated rings. The summed E-state index contributed by atoms with van der Waals surface area (Å²) >= 11 is 0. The van der Waals surface area contributed by atoms with Gasteiger partial charge in [-0.25, -0.2) is 16.8 Å². The van der Waals surface area contributed by atoms with Gasteiger partial charge >= 0.3 is 15.5 Å². The van der Waals surface area contributed by atoms with Gasteiger partial charge in [-0.2, -0.15) is 38.8 Å². The Morgan fingerprint density at radius 3 is 0.891 bits per heavy atom. The van der Waals surface area contributed by atoms with Crippen LogP contribution in [-0.2, 0) is 83.7 Å². The first-order valence-electron chi connectivity index (χ1n) is 49.0. The molecule has 0 aliphatic carbocycles. The minimum atomic E-state index is -5.80. The van der Waals surface area contributed by atoms with Crippen molar-refractivity contribution in [2.24, 2.45) is 8.80 Å². The predicted molar refractivity (Wildman–Crippen MR) is 596 cm³/mol. The molecule has 14 aromatic carbocycles. The van der Waals surface area contributed by atoms with E-state index in [0.717, 1.165) is 76.0 Å². The lowest BCUT2D eigenvalue weighted by molar-refractivity contribution is -0.218. The highest BCUT2D eigenvalue weighted by Crippen LogP contribution is 2.37. The average Bonchev–Trinajstić information content (AvgIpc) is 0.991. The van der Waals surface area contributed by atoms with Crippen LogP contribution in [0.2, 0.25) is 0 Å². The van der Waals surface area contributed by atoms with Crippen molar-refractivity contribution in [1.82, 2.24) is 14.8 Å². The largest absolute Gasteiger partial charge is 0.861 e. The molecule has 770 valence electrons. The van der Waals surface area contributed by atoms with Crippen LogP contribution in [0.3, 0.4) is 0 Å². The third kappa shape index (κ3) is 40.7. The molecule has 0 unspecified atom stereocenters. The van der Waals surface area contributed by atoms with Crippen molar-refractivity contribution in [2.45, 2.75) is 184 Å². The lowest BCUT2D eigenvalue weighted by Crippen LogP contribution is -2.42. The number of nitrogens with zero attached hydrogens (tertiary/aromatic N) is 7. The second-order valence-electron chi connectivity index (χ2n) is 34.0. The van der Waals surface area contributed by atoms with Gasteiger partial charge in [0.25, 0.3) is 10.0 Å². The van der Waals surface area contributed by atoms with Gasteiger partial charge in [0, 0.05) is 85.1 Å². The Morgan fingerprint density at radius 1 is 0.347 bits per heavy atom. The molecule has 3 heterocycles. The third-order valence-electron chi connectivity index (χ3n) is 22.6. The van der Waals surface area contributed by atoms with Crippen molar-refractivity contribution in [3.63, 3.8) is 0 Å². The van der Waals surface area contributed by atoms with Crippen LogP contribution in [0.15, 0.2) is 514 Å². The molecule has 2 N–H and O–H groups in total. The van der Waals surface area contributed by atoms with E-state index in [2.05, 4.69) is 425 Å². The van der Waals surface area contributed by atoms with Gasteiger partial charge in [-0.3, -0.25) is 4.98 Å². The number of halogens is 3. The molecule has 18 nitrogen and oxygen atoms in total. The molecule has 29 heteroatoms. The Labute approximate surface area is 881 Å². The number of unbranched alkanes of at least 4 members (excludes halogenated alkanes) is 10. The number of nitrogen functional groups attached to an aromatic ring is 1. The van der Waals surface area contributed by atoms with E-state index in [1.54, 1.807) is 24.3 Å². The lowest BCUT2D eigenvalue weighted by Gasteiger charge is -2.28. The van der Waals surface area contributed by atoms with E-state index in [1.165, 1.54) is 154 Å². The Hall–Kier alpha value is -12.4. The number of hydrogen-bond donors (Lipinski definition) is 1. The van der Waals surface area contributed by atoms with Gasteiger partial charge in [0.15, 0.2) is 58.7 Å². The van der Waals surface area contributed by atoms with Crippen molar-refractivity contribution < 1.29 is 57.1 Å². The molecule has 17 rings (SSSR count). The molecule has 0 amide bonds. The monoisotopic (exact) mass is 2130 g/mol. The summed E-state index contributed by atoms with van der Waals surface area (Å²) in [7, 11) is -13.6. The fraction of sp³-hybridized carbons (Fsp3) is 0.229. The summed E-state index contributed by atoms with van der Waals surface area (Å²) in [6.07, 6.45) is 16.5. The molecule has 0 saturated carbocycles. The summed E-state index contributed by atoms with van der Waals surface area (Å²) in [4.78, 5) is 26.6. The number of sulfonamides is 4. The van der Waals surface area contributed by atoms with Crippen LogP contribution in [-0.4, -0.2) is 125 Å². The zero-order valence-electron chi connectivity index (χ0n) is 83.3. The lowest BCUT2D eigenvalue weighted by atomic mass is 10.1. The van der Waals surface area contributed by atoms with Crippen LogP contribution in [0.4, 0.5) is 24.5 Å². The van der Waals surface area contributed by atoms with Crippen molar-refractivity contribution >= 4 is 107 Å². The zero-order valence-corrected chi connectivity index (χ0v) is 89.8. The second-order valence-corrected chi connectivity index (χ2v) is 48.9. The van der Waals surface area contributed by atoms with Crippen LogP contribution >= 0.6 is 0 Å². The van der Waals surface area contributed by atoms with E-state index >= 15 is 0 Å². The standard InChI is InChI=1S/C19H30N2O3S.4C18H15S.C14H23N2O4S2.C7H5F3N2O3S.C6H14N2/c1-2-3-4-5-6-7-10-19(22)20-25(23,24)18-13-11-17(12-14-18)21-15-8-9-16-21;4*1-4-10-16(11-5-1)19(17-12-6-2-7-13-17)18-14-8-3-9-15-18;1-2-3-4-5-6-7-12-21(17,18)16-22(19,20)14-10-8-13(15)9-11-14;8-7(9,10)16(14,15)12-6(13)5-2-1-3-11-4-5;1-7-3-5-8(2)6-4-7/h11-14H,2-10,15-16H2,1H3,(H,20,22);4*1-15H;8-11H,2-7,12,15H2,1H3;1-4H,(H,12,13);3-6H2,1-2H3/q;4*+1;-1;;/p-2. The number of likely N-dealkylation sites (N-methyl/N-ethyl adjacent to an activating group) is 2. The SMILES string of the molecule is CCCCCCCCC([O-])=NS(=O)(=O)c1ccc(N2CCCC2)cc1.CCCCCCCCS(=O)(=O)[N-]S(=O)(=O)c1ccc(N)cc1.CN1CCN(C)CC1.O=S(=O)(N=C([O-])c1cccnc1)C(F)(F)F.c1ccc([S+](c2ccccc2)c2ccccc2)cc1.c1ccc([S+](c2ccccc2)c2ccccc2)cc1.c1ccc([S+](c2ccccc2)c2ccccc2)cc1.c1ccc([S+](c2ccccc2)c2ccccc2)cc1. The van der Waals surface area contributed by atoms with Crippen molar-refractivity contribution in [1.29, 1.82) is 0 Å². The van der Waals surface area contributed by atoms with Crippen LogP contribution in [0, 0.1) is 0 Å². The van der Waals surface area contributed by atoms with Crippen molar-refractivity contribution in [2.75, 3.05) is 69.8 Å². The summed E-state index contributed by atoms with van der Waals surface area (Å²) < 4.78 is 137. The minimum absolute atomic E-state index is 0.0146. The maximum atomic E-state index is 12.2. The number of pyridine rings is 1. The number of benzene rings is 14. The maximum Gasteiger partial charge on any atom is 0.518 e. The number of rotatable bonds is 34. The Balaban J connectivity index is 0.000000174. The van der Waals surface area contributed by atoms with Crippen molar-refractivity contribution in [3.8, 4) is 0 Å². The highest BCUT2D eigenvalue weighted by atomic mass is 32.3. The Morgan fingerprint density at radius 2 is 0.619 bits per heavy atom. The third-order valence-corrected chi connectivity index (χ3v) is 37.2. The van der Waals surface area contributed by atoms with Crippen LogP contribution in [0.5, 0.6) is 0 Å². The molecule has 2 saturated heterocycles. The fourth-order valence-corrected chi connectivity index (χ4v) is 27.6. The quantitative estimate of drug-likeness (QED) is 0.0129. The van der Waals surface area contributed by atoms with Gasteiger partial charge in [-0.1, -0.05) is 303 Å². The number of aromatic nitrogens is 1. The Bertz CT molecular complexity index is 5910. The van der Waals surface area contributed by atoms with E-state index in [4.69, 9.17) is 5.73 Å². The fourth-order valence-electron chi connectivity index (χ4n) is 14.9. The molecule has 2 aliphatic rings. The maximum absolute atomic E-state index is 12.2. The molecule has 2 aliphatic heterocycles. The van der Waals surface area contributed by atoms with Crippen LogP contribution in [0.1, 0.15) is 116 Å². The normalized spacial score (nSPS) is 12.9. The van der Waals surface area contributed by atoms with E-state index in [-0.39, 0.29) is 71.1 Å². The summed E-state index contributed by atoms with van der Waals surface area (Å²) in [5.74, 6) is -2.29. The van der Waals surface area contributed by atoms with Crippen molar-refractivity contribution in [3.05, 3.63) is 447 Å². The molecule has 1 aromatic heterocycles. The van der Waals surface area contributed by atoms with Gasteiger partial charge in [0.2, 0.25) is 0 Å². The zero-order chi connectivity index (χ0) is 105. The first kappa shape index (κ1) is 117. The first-order chi connectivity index (χ1) is 71.1. The molecular formula is C118H130F3N8O10S8+. The number of hydrogen-bond acceptors (Lipinski definition) is 15. The van der Waals surface area contributed by atoms with E-state index < -0.39 is 57.4 Å². The molecule has 0 atom stereocenters. The van der Waals surface area contributed by atoms with E-state index in [0.29, 0.717) is 18.5 Å². The average molecular weight is 2130 g/mol. The summed E-state index contributed by atoms with van der Waals surface area (Å²) in [6, 6.07) is 143. The second kappa shape index (κ2) is 62.7. The molecule has 0 spiro atoms. The molecule has 147 heavy (non-hydrogen) atoms. The first-order valence-corrected chi connectivity index (χ1v) is 59.8. The minimum Gasteiger partial charge on any atom is -0.861 e. The number of piperazine rings is 1. The van der Waals surface area contributed by atoms with E-state index in [9.17, 15) is 57.1 Å². The number of alkyl halides is 3. The summed E-state index contributed by atoms with van der Waals surface area (Å²) in [5, 5.41) is 22.9. The molecule has 0 bridgehead atoms.